The first kappa shape index (κ1) is 67.3. The fourth-order valence-corrected chi connectivity index (χ4v) is 15.1. The Labute approximate surface area is 619 Å². The van der Waals surface area contributed by atoms with Crippen molar-refractivity contribution in [2.45, 2.75) is 0 Å². The smallest absolute Gasteiger partial charge is 0.744 e. The first-order valence-corrected chi connectivity index (χ1v) is 35.9. The normalized spacial score (nSPS) is 13.3. The zero-order chi connectivity index (χ0) is 69.9. The van der Waals surface area contributed by atoms with Gasteiger partial charge in [0.25, 0.3) is 0 Å². The molecule has 0 unspecified atom stereocenters. The van der Waals surface area contributed by atoms with Gasteiger partial charge >= 0.3 is 39.9 Å². The third-order valence-electron chi connectivity index (χ3n) is 16.8. The molecule has 6 aliphatic rings. The molecule has 503 valence electrons. The summed E-state index contributed by atoms with van der Waals surface area (Å²) in [6, 6.07) is 71.4. The Hall–Kier alpha value is -11.5. The van der Waals surface area contributed by atoms with Gasteiger partial charge in [-0.1, -0.05) is 91.0 Å². The number of rotatable bonds is 6. The molecule has 24 bridgehead atoms. The van der Waals surface area contributed by atoms with Crippen LogP contribution in [0, 0.1) is 39.9 Å². The van der Waals surface area contributed by atoms with E-state index in [0.717, 1.165) is 66.2 Å². The SMILES string of the molecule is O=S(=O)([O-])C1=C(c2ccccc2)c2cc3ccc(cc4ccc(cc5nc(cc1n2)C=C5)[nH]4)[nH]3.O=S(=O)([O-])C1=C(c2ccccc2)c2cc3ccc(cc4ccc(cc5nc(cc1n2)C=C5)[nH]4)[nH]3.O=S(=O)([O-])C1=C(c2ccccc2)c2cc3ccc(cc4ccc(cc5nc(cc1n2)C=C5)[nH]4)[nH]3.[Gd+3]. The summed E-state index contributed by atoms with van der Waals surface area (Å²) in [5.41, 5.74) is 17.7. The van der Waals surface area contributed by atoms with Crippen molar-refractivity contribution in [1.29, 1.82) is 0 Å². The van der Waals surface area contributed by atoms with Crippen LogP contribution in [0.25, 0.3) is 134 Å². The number of nitrogens with zero attached hydrogens (tertiary/aromatic N) is 6. The Bertz CT molecular complexity index is 5980. The van der Waals surface area contributed by atoms with E-state index in [1.165, 1.54) is 18.2 Å². The predicted molar refractivity (Wildman–Crippen MR) is 396 cm³/mol. The fraction of sp³-hybridized carbons (Fsp3) is 0. The summed E-state index contributed by atoms with van der Waals surface area (Å²) in [6.45, 7) is 0. The molecule has 12 aromatic rings. The summed E-state index contributed by atoms with van der Waals surface area (Å²) in [6.07, 6.45) is 10.8. The van der Waals surface area contributed by atoms with Gasteiger partial charge in [-0.25, -0.2) is 55.2 Å². The van der Waals surface area contributed by atoms with Gasteiger partial charge in [-0.2, -0.15) is 0 Å². The van der Waals surface area contributed by atoms with Crippen LogP contribution in [0.3, 0.4) is 0 Å². The molecule has 15 heterocycles. The minimum absolute atomic E-state index is 0. The molecule has 0 spiro atoms. The van der Waals surface area contributed by atoms with Gasteiger partial charge in [-0.05, 0) is 199 Å². The molecule has 0 atom stereocenters. The molecule has 25 heteroatoms. The molecule has 1 radical (unpaired) electrons. The summed E-state index contributed by atoms with van der Waals surface area (Å²) in [5, 5.41) is 0. The molecule has 0 fully saturated rings. The van der Waals surface area contributed by atoms with Gasteiger partial charge in [0.1, 0.15) is 30.4 Å². The van der Waals surface area contributed by atoms with Gasteiger partial charge in [-0.3, -0.25) is 0 Å². The average Bonchev–Trinajstić information content (AvgIpc) is 1.65. The molecule has 0 saturated heterocycles. The average molecular weight is 1550 g/mol. The van der Waals surface area contributed by atoms with Crippen LogP contribution in [0.15, 0.2) is 237 Å². The predicted octanol–water partition coefficient (Wildman–Crippen LogP) is 14.8. The van der Waals surface area contributed by atoms with Gasteiger partial charge in [-0.15, -0.1) is 0 Å². The zero-order valence-corrected chi connectivity index (χ0v) is 58.1. The first-order chi connectivity index (χ1) is 49.3. The largest absolute Gasteiger partial charge is 3.00 e. The van der Waals surface area contributed by atoms with Gasteiger partial charge in [0.2, 0.25) is 0 Å². The van der Waals surface area contributed by atoms with Crippen LogP contribution in [0.1, 0.15) is 85.0 Å². The first-order valence-electron chi connectivity index (χ1n) is 31.7. The molecule has 0 aliphatic carbocycles. The number of aromatic amines is 6. The van der Waals surface area contributed by atoms with Crippen molar-refractivity contribution in [3.63, 3.8) is 0 Å². The molecular weight excluding hydrogens is 1500 g/mol. The molecular formula is C78H51GdN12O9S3. The van der Waals surface area contributed by atoms with E-state index in [4.69, 9.17) is 0 Å². The third-order valence-corrected chi connectivity index (χ3v) is 19.6. The fourth-order valence-electron chi connectivity index (χ4n) is 12.6. The second-order valence-corrected chi connectivity index (χ2v) is 28.0. The van der Waals surface area contributed by atoms with Crippen molar-refractivity contribution < 1.29 is 78.9 Å². The van der Waals surface area contributed by atoms with E-state index in [9.17, 15) is 38.9 Å². The second-order valence-electron chi connectivity index (χ2n) is 24.1. The third kappa shape index (κ3) is 14.7. The van der Waals surface area contributed by atoms with Crippen LogP contribution in [-0.2, 0) is 30.4 Å². The maximum absolute atomic E-state index is 12.5. The minimum Gasteiger partial charge on any atom is -0.744 e. The van der Waals surface area contributed by atoms with Crippen LogP contribution in [-0.4, -0.2) is 98.7 Å². The van der Waals surface area contributed by atoms with Crippen molar-refractivity contribution in [2.75, 3.05) is 0 Å². The van der Waals surface area contributed by atoms with Crippen LogP contribution in [0.4, 0.5) is 0 Å². The van der Waals surface area contributed by atoms with Crippen molar-refractivity contribution in [2.24, 2.45) is 0 Å². The summed E-state index contributed by atoms with van der Waals surface area (Å²) in [7, 11) is -14.5. The van der Waals surface area contributed by atoms with E-state index < -0.39 is 30.4 Å². The van der Waals surface area contributed by atoms with Crippen LogP contribution >= 0.6 is 0 Å². The number of hydrogen-bond donors (Lipinski definition) is 6. The maximum Gasteiger partial charge on any atom is 3.00 e. The van der Waals surface area contributed by atoms with Gasteiger partial charge in [0.05, 0.1) is 83.0 Å². The second kappa shape index (κ2) is 27.5. The number of aromatic nitrogens is 12. The molecule has 21 nitrogen and oxygen atoms in total. The molecule has 9 aromatic heterocycles. The molecule has 6 aliphatic heterocycles. The van der Waals surface area contributed by atoms with E-state index in [-0.39, 0.29) is 88.5 Å². The summed E-state index contributed by atoms with van der Waals surface area (Å²) < 4.78 is 112. The van der Waals surface area contributed by atoms with Crippen molar-refractivity contribution >= 4 is 164 Å². The molecule has 0 amide bonds. The van der Waals surface area contributed by atoms with Crippen molar-refractivity contribution in [3.8, 4) is 0 Å². The number of benzene rings is 3. The van der Waals surface area contributed by atoms with Crippen LogP contribution in [0.2, 0.25) is 0 Å². The molecule has 6 N–H and O–H groups in total. The Morgan fingerprint density at radius 2 is 0.417 bits per heavy atom. The van der Waals surface area contributed by atoms with E-state index in [1.54, 1.807) is 109 Å². The minimum atomic E-state index is -4.85. The number of H-pyrrole nitrogens is 6. The summed E-state index contributed by atoms with van der Waals surface area (Å²) >= 11 is 0. The Morgan fingerprint density at radius 3 is 0.631 bits per heavy atom. The molecule has 103 heavy (non-hydrogen) atoms. The summed E-state index contributed by atoms with van der Waals surface area (Å²) in [5.74, 6) is 0. The summed E-state index contributed by atoms with van der Waals surface area (Å²) in [4.78, 5) is 46.2. The Morgan fingerprint density at radius 1 is 0.223 bits per heavy atom. The Kier molecular flexibility index (Phi) is 18.0. The zero-order valence-electron chi connectivity index (χ0n) is 53.4. The quantitative estimate of drug-likeness (QED) is 0.0843. The molecule has 3 aromatic carbocycles. The van der Waals surface area contributed by atoms with Crippen molar-refractivity contribution in [3.05, 3.63) is 322 Å². The van der Waals surface area contributed by atoms with Gasteiger partial charge in [0, 0.05) is 82.9 Å². The van der Waals surface area contributed by atoms with E-state index in [2.05, 4.69) is 59.8 Å². The molecule has 18 rings (SSSR count). The number of hydrogen-bond acceptors (Lipinski definition) is 15. The van der Waals surface area contributed by atoms with E-state index in [1.807, 2.05) is 146 Å². The van der Waals surface area contributed by atoms with E-state index >= 15 is 0 Å². The molecule has 0 saturated carbocycles. The van der Waals surface area contributed by atoms with Gasteiger partial charge in [0.15, 0.2) is 0 Å². The van der Waals surface area contributed by atoms with Crippen LogP contribution in [0.5, 0.6) is 0 Å². The monoisotopic (exact) mass is 1550 g/mol. The number of nitrogens with one attached hydrogen (secondary N) is 6. The maximum atomic E-state index is 12.5. The number of fused-ring (bicyclic) bond motifs is 24. The van der Waals surface area contributed by atoms with E-state index in [0.29, 0.717) is 67.9 Å². The van der Waals surface area contributed by atoms with Crippen LogP contribution < -0.4 is 0 Å². The van der Waals surface area contributed by atoms with Crippen molar-refractivity contribution in [1.82, 2.24) is 59.8 Å². The van der Waals surface area contributed by atoms with Gasteiger partial charge < -0.3 is 43.6 Å². The Balaban J connectivity index is 0.000000124. The topological polar surface area (TPSA) is 344 Å². The standard InChI is InChI=1S/3C26H18N4O3S.Gd/c3*31-34(32,33)26-24-15-22-11-9-20(29-22)13-18-7-6-17(27-18)12-19-8-10-21(28-19)14-23(30-24)25(26)16-4-2-1-3-5-16;/h3*1-15,27-28H,(H,31,32,33);/q;;;+3/p-3.